The number of hydrogen-bond acceptors (Lipinski definition) is 5. The Bertz CT molecular complexity index is 1350. The van der Waals surface area contributed by atoms with Crippen molar-refractivity contribution in [3.05, 3.63) is 58.6 Å². The first-order chi connectivity index (χ1) is 15.6. The van der Waals surface area contributed by atoms with Gasteiger partial charge in [0.1, 0.15) is 6.54 Å². The summed E-state index contributed by atoms with van der Waals surface area (Å²) >= 11 is 0. The summed E-state index contributed by atoms with van der Waals surface area (Å²) in [5.41, 5.74) is 2.26. The highest BCUT2D eigenvalue weighted by molar-refractivity contribution is 7.89. The third kappa shape index (κ3) is 4.60. The first kappa shape index (κ1) is 23.3. The molecule has 0 unspecified atom stereocenters. The Morgan fingerprint density at radius 2 is 1.82 bits per heavy atom. The van der Waals surface area contributed by atoms with Gasteiger partial charge in [-0.25, -0.2) is 13.2 Å². The number of aromatic nitrogens is 1. The van der Waals surface area contributed by atoms with E-state index < -0.39 is 15.8 Å². The van der Waals surface area contributed by atoms with Crippen LogP contribution >= 0.6 is 0 Å². The van der Waals surface area contributed by atoms with Gasteiger partial charge < -0.3 is 9.32 Å². The predicted molar refractivity (Wildman–Crippen MR) is 127 cm³/mol. The van der Waals surface area contributed by atoms with Crippen molar-refractivity contribution in [2.75, 3.05) is 25.0 Å². The number of carbonyl (C=O) groups excluding carboxylic acids is 1. The van der Waals surface area contributed by atoms with Gasteiger partial charge in [0.15, 0.2) is 5.58 Å². The molecule has 0 bridgehead atoms. The van der Waals surface area contributed by atoms with Crippen LogP contribution in [0.3, 0.4) is 0 Å². The minimum Gasteiger partial charge on any atom is -0.408 e. The number of hydrogen-bond donors (Lipinski definition) is 0. The highest BCUT2D eigenvalue weighted by atomic mass is 32.2. The summed E-state index contributed by atoms with van der Waals surface area (Å²) in [4.78, 5) is 26.9. The normalized spacial score (nSPS) is 19.6. The van der Waals surface area contributed by atoms with E-state index in [1.807, 2.05) is 45.0 Å². The highest BCUT2D eigenvalue weighted by Crippen LogP contribution is 2.28. The van der Waals surface area contributed by atoms with Crippen LogP contribution in [0.15, 0.2) is 56.6 Å². The average Bonchev–Trinajstić information content (AvgIpc) is 3.06. The van der Waals surface area contributed by atoms with E-state index >= 15 is 0 Å². The van der Waals surface area contributed by atoms with Crippen LogP contribution in [0.1, 0.15) is 25.8 Å². The molecule has 1 aliphatic heterocycles. The van der Waals surface area contributed by atoms with Crippen LogP contribution in [-0.2, 0) is 21.4 Å². The molecule has 1 amide bonds. The summed E-state index contributed by atoms with van der Waals surface area (Å²) in [7, 11) is -2.06. The largest absolute Gasteiger partial charge is 0.420 e. The fraction of sp³-hybridized carbons (Fsp3) is 0.417. The molecule has 0 N–H and O–H groups in total. The van der Waals surface area contributed by atoms with Gasteiger partial charge in [-0.3, -0.25) is 9.36 Å². The van der Waals surface area contributed by atoms with Gasteiger partial charge in [-0.2, -0.15) is 4.31 Å². The molecule has 1 saturated heterocycles. The third-order valence-electron chi connectivity index (χ3n) is 6.17. The minimum absolute atomic E-state index is 0.0837. The fourth-order valence-corrected chi connectivity index (χ4v) is 6.23. The number of rotatable bonds is 5. The maximum absolute atomic E-state index is 13.2. The standard InChI is InChI=1S/C24H29N3O5S/c1-16-6-5-7-19(11-16)25(4)23(28)15-27-21-9-8-20(12-22(21)32-24(27)29)33(30,31)26-13-17(2)10-18(3)14-26/h5-9,11-12,17-18H,10,13-15H2,1-4H3/t17-,18-/m1/s1. The lowest BCUT2D eigenvalue weighted by molar-refractivity contribution is -0.118. The van der Waals surface area contributed by atoms with Gasteiger partial charge in [0.2, 0.25) is 15.9 Å². The van der Waals surface area contributed by atoms with Crippen LogP contribution in [0.5, 0.6) is 0 Å². The van der Waals surface area contributed by atoms with Crippen molar-refractivity contribution >= 4 is 32.7 Å². The molecule has 0 saturated carbocycles. The zero-order valence-electron chi connectivity index (χ0n) is 19.3. The second-order valence-corrected chi connectivity index (χ2v) is 11.1. The molecular weight excluding hydrogens is 442 g/mol. The molecule has 2 heterocycles. The van der Waals surface area contributed by atoms with Crippen molar-refractivity contribution < 1.29 is 17.6 Å². The molecule has 33 heavy (non-hydrogen) atoms. The van der Waals surface area contributed by atoms with Crippen molar-refractivity contribution in [3.8, 4) is 0 Å². The van der Waals surface area contributed by atoms with E-state index in [0.29, 0.717) is 18.6 Å². The molecule has 0 aliphatic carbocycles. The van der Waals surface area contributed by atoms with Crippen molar-refractivity contribution in [1.82, 2.24) is 8.87 Å². The molecule has 3 aromatic rings. The smallest absolute Gasteiger partial charge is 0.408 e. The molecule has 1 aliphatic rings. The van der Waals surface area contributed by atoms with E-state index in [1.54, 1.807) is 7.05 Å². The first-order valence-electron chi connectivity index (χ1n) is 11.0. The molecule has 0 spiro atoms. The summed E-state index contributed by atoms with van der Waals surface area (Å²) in [5, 5.41) is 0. The predicted octanol–water partition coefficient (Wildman–Crippen LogP) is 3.23. The summed E-state index contributed by atoms with van der Waals surface area (Å²) in [6, 6.07) is 11.9. The molecule has 9 heteroatoms. The lowest BCUT2D eigenvalue weighted by Crippen LogP contribution is -2.42. The third-order valence-corrected chi connectivity index (χ3v) is 8.00. The van der Waals surface area contributed by atoms with Crippen molar-refractivity contribution in [2.24, 2.45) is 11.8 Å². The Kier molecular flexibility index (Phi) is 6.20. The van der Waals surface area contributed by atoms with Gasteiger partial charge in [-0.15, -0.1) is 0 Å². The number of sulfonamides is 1. The van der Waals surface area contributed by atoms with E-state index in [2.05, 4.69) is 0 Å². The van der Waals surface area contributed by atoms with Crippen LogP contribution in [0.2, 0.25) is 0 Å². The van der Waals surface area contributed by atoms with Crippen LogP contribution in [0, 0.1) is 18.8 Å². The van der Waals surface area contributed by atoms with Crippen molar-refractivity contribution in [1.29, 1.82) is 0 Å². The van der Waals surface area contributed by atoms with Crippen molar-refractivity contribution in [3.63, 3.8) is 0 Å². The number of oxazole rings is 1. The number of aryl methyl sites for hydroxylation is 1. The van der Waals surface area contributed by atoms with E-state index in [1.165, 1.54) is 32.0 Å². The fourth-order valence-electron chi connectivity index (χ4n) is 4.53. The molecule has 2 atom stereocenters. The molecule has 4 rings (SSSR count). The summed E-state index contributed by atoms with van der Waals surface area (Å²) in [6.07, 6.45) is 0.994. The number of nitrogens with zero attached hydrogens (tertiary/aromatic N) is 3. The number of carbonyl (C=O) groups is 1. The lowest BCUT2D eigenvalue weighted by atomic mass is 9.94. The van der Waals surface area contributed by atoms with E-state index in [9.17, 15) is 18.0 Å². The van der Waals surface area contributed by atoms with Gasteiger partial charge in [-0.05, 0) is 55.0 Å². The van der Waals surface area contributed by atoms with E-state index in [-0.39, 0.29) is 34.8 Å². The molecule has 1 aromatic heterocycles. The maximum Gasteiger partial charge on any atom is 0.420 e. The van der Waals surface area contributed by atoms with Crippen molar-refractivity contribution in [2.45, 2.75) is 38.6 Å². The molecule has 1 fully saturated rings. The second kappa shape index (κ2) is 8.79. The Balaban J connectivity index is 1.61. The maximum atomic E-state index is 13.2. The SMILES string of the molecule is Cc1cccc(N(C)C(=O)Cn2c(=O)oc3cc(S(=O)(=O)N4C[C@H](C)C[C@@H](C)C4)ccc32)c1. The van der Waals surface area contributed by atoms with Gasteiger partial charge in [0.05, 0.1) is 10.4 Å². The summed E-state index contributed by atoms with van der Waals surface area (Å²) in [6.45, 7) is 6.75. The van der Waals surface area contributed by atoms with Gasteiger partial charge in [0, 0.05) is 31.9 Å². The molecular formula is C24H29N3O5S. The van der Waals surface area contributed by atoms with Crippen LogP contribution in [0.25, 0.3) is 11.1 Å². The van der Waals surface area contributed by atoms with Gasteiger partial charge in [0.25, 0.3) is 0 Å². The average molecular weight is 472 g/mol. The van der Waals surface area contributed by atoms with E-state index in [4.69, 9.17) is 4.42 Å². The lowest BCUT2D eigenvalue weighted by Gasteiger charge is -2.34. The quantitative estimate of drug-likeness (QED) is 0.570. The van der Waals surface area contributed by atoms with Crippen LogP contribution < -0.4 is 10.7 Å². The first-order valence-corrected chi connectivity index (χ1v) is 12.5. The Morgan fingerprint density at radius 1 is 1.12 bits per heavy atom. The number of fused-ring (bicyclic) bond motifs is 1. The van der Waals surface area contributed by atoms with E-state index in [0.717, 1.165) is 17.7 Å². The molecule has 8 nitrogen and oxygen atoms in total. The number of amides is 1. The highest BCUT2D eigenvalue weighted by Gasteiger charge is 2.32. The minimum atomic E-state index is -3.71. The van der Waals surface area contributed by atoms with Crippen LogP contribution in [-0.4, -0.2) is 43.3 Å². The zero-order chi connectivity index (χ0) is 23.9. The summed E-state index contributed by atoms with van der Waals surface area (Å²) in [5.74, 6) is -0.436. The van der Waals surface area contributed by atoms with Crippen LogP contribution in [0.4, 0.5) is 5.69 Å². The Hall–Kier alpha value is -2.91. The molecule has 2 aromatic carbocycles. The van der Waals surface area contributed by atoms with Gasteiger partial charge in [-0.1, -0.05) is 26.0 Å². The Labute approximate surface area is 193 Å². The summed E-state index contributed by atoms with van der Waals surface area (Å²) < 4.78 is 34.5. The number of likely N-dealkylation sites (N-methyl/N-ethyl adjacent to an activating group) is 1. The topological polar surface area (TPSA) is 92.8 Å². The number of benzene rings is 2. The van der Waals surface area contributed by atoms with Gasteiger partial charge >= 0.3 is 5.76 Å². The monoisotopic (exact) mass is 471 g/mol. The second-order valence-electron chi connectivity index (χ2n) is 9.14. The number of piperidine rings is 1. The zero-order valence-corrected chi connectivity index (χ0v) is 20.1. The number of anilines is 1. The molecule has 176 valence electrons. The Morgan fingerprint density at radius 3 is 2.48 bits per heavy atom. The molecule has 0 radical (unpaired) electrons.